The van der Waals surface area contributed by atoms with Gasteiger partial charge in [-0.25, -0.2) is 0 Å². The first kappa shape index (κ1) is 12.6. The normalized spacial score (nSPS) is 12.1. The fourth-order valence-electron chi connectivity index (χ4n) is 1.38. The molecule has 0 aliphatic carbocycles. The lowest BCUT2D eigenvalue weighted by atomic mass is 10.1. The molecule has 0 saturated heterocycles. The van der Waals surface area contributed by atoms with Crippen molar-refractivity contribution in [3.63, 3.8) is 0 Å². The topological polar surface area (TPSA) is 42.2 Å². The maximum atomic E-state index is 12.6. The van der Waals surface area contributed by atoms with Crippen molar-refractivity contribution < 1.29 is 23.1 Å². The quantitative estimate of drug-likeness (QED) is 0.875. The smallest absolute Gasteiger partial charge is 0.418 e. The van der Waals surface area contributed by atoms with Gasteiger partial charge >= 0.3 is 12.1 Å². The third-order valence-corrected chi connectivity index (χ3v) is 2.17. The fraction of sp³-hybridized carbons (Fsp3) is 0.500. The first-order chi connectivity index (χ1) is 7.21. The molecule has 16 heavy (non-hydrogen) atoms. The minimum Gasteiger partial charge on any atom is -0.481 e. The molecule has 0 bridgehead atoms. The van der Waals surface area contributed by atoms with E-state index in [1.807, 2.05) is 0 Å². The fourth-order valence-corrected chi connectivity index (χ4v) is 1.38. The minimum atomic E-state index is -4.51. The standard InChI is InChI=1S/C10H12F3NO2/c1-6(2)14-4-7(3-9(15)16)8(5-14)10(11,12)13/h4-6H,3H2,1-2H3,(H,15,16). The Kier molecular flexibility index (Phi) is 3.30. The highest BCUT2D eigenvalue weighted by atomic mass is 19.4. The zero-order valence-electron chi connectivity index (χ0n) is 8.88. The highest BCUT2D eigenvalue weighted by molar-refractivity contribution is 5.70. The average Bonchev–Trinajstić information content (AvgIpc) is 2.45. The number of carbonyl (C=O) groups is 1. The highest BCUT2D eigenvalue weighted by Crippen LogP contribution is 2.33. The average molecular weight is 235 g/mol. The summed E-state index contributed by atoms with van der Waals surface area (Å²) in [5.74, 6) is -1.27. The zero-order valence-corrected chi connectivity index (χ0v) is 8.88. The molecule has 0 fully saturated rings. The Morgan fingerprint density at radius 1 is 1.44 bits per heavy atom. The second kappa shape index (κ2) is 4.19. The summed E-state index contributed by atoms with van der Waals surface area (Å²) >= 11 is 0. The van der Waals surface area contributed by atoms with Crippen LogP contribution in [0.1, 0.15) is 31.0 Å². The number of hydrogen-bond donors (Lipinski definition) is 1. The monoisotopic (exact) mass is 235 g/mol. The van der Waals surface area contributed by atoms with Crippen molar-refractivity contribution >= 4 is 5.97 Å². The molecule has 0 radical (unpaired) electrons. The van der Waals surface area contributed by atoms with E-state index in [4.69, 9.17) is 5.11 Å². The van der Waals surface area contributed by atoms with Gasteiger partial charge < -0.3 is 9.67 Å². The van der Waals surface area contributed by atoms with Crippen molar-refractivity contribution in [2.24, 2.45) is 0 Å². The second-order valence-electron chi connectivity index (χ2n) is 3.81. The van der Waals surface area contributed by atoms with Gasteiger partial charge in [0.15, 0.2) is 0 Å². The number of alkyl halides is 3. The molecule has 0 saturated carbocycles. The van der Waals surface area contributed by atoms with Gasteiger partial charge in [0.05, 0.1) is 12.0 Å². The van der Waals surface area contributed by atoms with Crippen molar-refractivity contribution in [1.82, 2.24) is 4.57 Å². The number of carboxylic acid groups (broad SMARTS) is 1. The molecular formula is C10H12F3NO2. The van der Waals surface area contributed by atoms with Crippen LogP contribution in [0.5, 0.6) is 0 Å². The summed E-state index contributed by atoms with van der Waals surface area (Å²) in [7, 11) is 0. The number of aromatic nitrogens is 1. The van der Waals surface area contributed by atoms with Gasteiger partial charge in [-0.2, -0.15) is 13.2 Å². The molecule has 3 nitrogen and oxygen atoms in total. The summed E-state index contributed by atoms with van der Waals surface area (Å²) < 4.78 is 39.1. The van der Waals surface area contributed by atoms with E-state index in [-0.39, 0.29) is 11.6 Å². The van der Waals surface area contributed by atoms with Crippen LogP contribution in [0.2, 0.25) is 0 Å². The Bertz CT molecular complexity index is 393. The molecule has 6 heteroatoms. The van der Waals surface area contributed by atoms with E-state index in [2.05, 4.69) is 0 Å². The number of rotatable bonds is 3. The minimum absolute atomic E-state index is 0.136. The van der Waals surface area contributed by atoms with Crippen molar-refractivity contribution in [2.75, 3.05) is 0 Å². The van der Waals surface area contributed by atoms with Gasteiger partial charge in [0.25, 0.3) is 0 Å². The second-order valence-corrected chi connectivity index (χ2v) is 3.81. The summed E-state index contributed by atoms with van der Waals surface area (Å²) in [5, 5.41) is 8.53. The van der Waals surface area contributed by atoms with Gasteiger partial charge in [-0.15, -0.1) is 0 Å². The Balaban J connectivity index is 3.18. The lowest BCUT2D eigenvalue weighted by Gasteiger charge is -2.06. The lowest BCUT2D eigenvalue weighted by molar-refractivity contribution is -0.139. The van der Waals surface area contributed by atoms with Crippen molar-refractivity contribution in [2.45, 2.75) is 32.5 Å². The van der Waals surface area contributed by atoms with E-state index < -0.39 is 24.1 Å². The molecular weight excluding hydrogens is 223 g/mol. The lowest BCUT2D eigenvalue weighted by Crippen LogP contribution is -2.09. The van der Waals surface area contributed by atoms with E-state index in [0.717, 1.165) is 6.20 Å². The number of aliphatic carboxylic acids is 1. The maximum absolute atomic E-state index is 12.6. The van der Waals surface area contributed by atoms with E-state index >= 15 is 0 Å². The Morgan fingerprint density at radius 3 is 2.38 bits per heavy atom. The van der Waals surface area contributed by atoms with Crippen LogP contribution in [0.4, 0.5) is 13.2 Å². The van der Waals surface area contributed by atoms with Crippen LogP contribution in [0.15, 0.2) is 12.4 Å². The van der Waals surface area contributed by atoms with Gasteiger partial charge in [-0.1, -0.05) is 0 Å². The number of halogens is 3. The first-order valence-electron chi connectivity index (χ1n) is 4.71. The SMILES string of the molecule is CC(C)n1cc(CC(=O)O)c(C(F)(F)F)c1. The van der Waals surface area contributed by atoms with Crippen molar-refractivity contribution in [3.8, 4) is 0 Å². The summed E-state index contributed by atoms with van der Waals surface area (Å²) in [4.78, 5) is 10.5. The molecule has 1 aromatic heterocycles. The molecule has 1 aromatic rings. The predicted molar refractivity (Wildman–Crippen MR) is 51.2 cm³/mol. The van der Waals surface area contributed by atoms with E-state index in [1.54, 1.807) is 13.8 Å². The molecule has 1 heterocycles. The molecule has 0 aliphatic heterocycles. The molecule has 1 N–H and O–H groups in total. The molecule has 0 atom stereocenters. The molecule has 1 rings (SSSR count). The number of carboxylic acids is 1. The van der Waals surface area contributed by atoms with Crippen LogP contribution in [0.3, 0.4) is 0 Å². The maximum Gasteiger partial charge on any atom is 0.418 e. The van der Waals surface area contributed by atoms with Crippen LogP contribution >= 0.6 is 0 Å². The Labute approximate surface area is 90.5 Å². The molecule has 0 aromatic carbocycles. The van der Waals surface area contributed by atoms with Crippen LogP contribution in [0, 0.1) is 0 Å². The Morgan fingerprint density at radius 2 is 2.00 bits per heavy atom. The number of nitrogens with zero attached hydrogens (tertiary/aromatic N) is 1. The van der Waals surface area contributed by atoms with E-state index in [1.165, 1.54) is 10.8 Å². The third-order valence-electron chi connectivity index (χ3n) is 2.17. The van der Waals surface area contributed by atoms with Crippen LogP contribution < -0.4 is 0 Å². The third kappa shape index (κ3) is 2.77. The molecule has 0 aliphatic rings. The molecule has 0 amide bonds. The summed E-state index contributed by atoms with van der Waals surface area (Å²) in [5.41, 5.74) is -1.07. The summed E-state index contributed by atoms with van der Waals surface area (Å²) in [6, 6.07) is -0.136. The van der Waals surface area contributed by atoms with Crippen LogP contribution in [-0.4, -0.2) is 15.6 Å². The van der Waals surface area contributed by atoms with Gasteiger partial charge in [0.1, 0.15) is 0 Å². The molecule has 90 valence electrons. The van der Waals surface area contributed by atoms with Gasteiger partial charge in [-0.3, -0.25) is 4.79 Å². The van der Waals surface area contributed by atoms with E-state index in [9.17, 15) is 18.0 Å². The van der Waals surface area contributed by atoms with Crippen molar-refractivity contribution in [3.05, 3.63) is 23.5 Å². The molecule has 0 unspecified atom stereocenters. The predicted octanol–water partition coefficient (Wildman–Crippen LogP) is 2.71. The van der Waals surface area contributed by atoms with Crippen molar-refractivity contribution in [1.29, 1.82) is 0 Å². The van der Waals surface area contributed by atoms with Crippen LogP contribution in [0.25, 0.3) is 0 Å². The summed E-state index contributed by atoms with van der Waals surface area (Å²) in [6.07, 6.45) is -2.94. The molecule has 0 spiro atoms. The Hall–Kier alpha value is -1.46. The van der Waals surface area contributed by atoms with Crippen LogP contribution in [-0.2, 0) is 17.4 Å². The highest BCUT2D eigenvalue weighted by Gasteiger charge is 2.35. The van der Waals surface area contributed by atoms with E-state index in [0.29, 0.717) is 0 Å². The zero-order chi connectivity index (χ0) is 12.5. The van der Waals surface area contributed by atoms with Gasteiger partial charge in [0, 0.05) is 18.4 Å². The summed E-state index contributed by atoms with van der Waals surface area (Å²) in [6.45, 7) is 3.45. The number of hydrogen-bond acceptors (Lipinski definition) is 1. The largest absolute Gasteiger partial charge is 0.481 e. The first-order valence-corrected chi connectivity index (χ1v) is 4.71. The van der Waals surface area contributed by atoms with Gasteiger partial charge in [0.2, 0.25) is 0 Å². The van der Waals surface area contributed by atoms with Gasteiger partial charge in [-0.05, 0) is 19.4 Å².